The van der Waals surface area contributed by atoms with Gasteiger partial charge in [-0.15, -0.1) is 0 Å². The quantitative estimate of drug-likeness (QED) is 0.937. The normalized spacial score (nSPS) is 15.2. The third-order valence-electron chi connectivity index (χ3n) is 4.10. The molecule has 0 saturated heterocycles. The number of rotatable bonds is 3. The minimum Gasteiger partial charge on any atom is -0.497 e. The highest BCUT2D eigenvalue weighted by atomic mass is 16.5. The molecule has 1 aromatic carbocycles. The first kappa shape index (κ1) is 14.8. The van der Waals surface area contributed by atoms with Gasteiger partial charge in [-0.25, -0.2) is 4.98 Å². The number of aryl methyl sites for hydroxylation is 1. The molecule has 0 unspecified atom stereocenters. The standard InChI is InChI=1S/C17H21N3O2/c1-12-18-16-7-9-20(8-6-15(16)17(21)19-12)11-13-4-3-5-14(10-13)22-2/h3-5,10H,6-9,11H2,1-2H3,(H,18,19,21). The number of ether oxygens (including phenoxy) is 1. The van der Waals surface area contributed by atoms with Gasteiger partial charge < -0.3 is 9.72 Å². The maximum atomic E-state index is 12.1. The maximum absolute atomic E-state index is 12.1. The first-order valence-corrected chi connectivity index (χ1v) is 7.59. The lowest BCUT2D eigenvalue weighted by molar-refractivity contribution is 0.278. The molecule has 5 heteroatoms. The minimum atomic E-state index is 0.0192. The Hall–Kier alpha value is -2.14. The van der Waals surface area contributed by atoms with Gasteiger partial charge in [0.25, 0.3) is 5.56 Å². The van der Waals surface area contributed by atoms with Gasteiger partial charge in [-0.1, -0.05) is 12.1 Å². The molecule has 1 aliphatic rings. The van der Waals surface area contributed by atoms with E-state index in [0.717, 1.165) is 49.5 Å². The van der Waals surface area contributed by atoms with Crippen molar-refractivity contribution in [3.05, 3.63) is 57.3 Å². The Bertz CT molecular complexity index is 724. The number of methoxy groups -OCH3 is 1. The largest absolute Gasteiger partial charge is 0.497 e. The number of hydrogen-bond acceptors (Lipinski definition) is 4. The van der Waals surface area contributed by atoms with Gasteiger partial charge in [0.15, 0.2) is 0 Å². The van der Waals surface area contributed by atoms with Gasteiger partial charge in [-0.05, 0) is 31.0 Å². The number of benzene rings is 1. The summed E-state index contributed by atoms with van der Waals surface area (Å²) in [6.45, 7) is 4.49. The summed E-state index contributed by atoms with van der Waals surface area (Å²) in [5.41, 5.74) is 3.04. The van der Waals surface area contributed by atoms with Crippen molar-refractivity contribution in [2.24, 2.45) is 0 Å². The molecule has 0 bridgehead atoms. The molecule has 0 fully saturated rings. The van der Waals surface area contributed by atoms with Crippen LogP contribution in [0.1, 0.15) is 22.6 Å². The van der Waals surface area contributed by atoms with Crippen LogP contribution in [0.4, 0.5) is 0 Å². The summed E-state index contributed by atoms with van der Waals surface area (Å²) in [5.74, 6) is 1.58. The summed E-state index contributed by atoms with van der Waals surface area (Å²) >= 11 is 0. The van der Waals surface area contributed by atoms with Gasteiger partial charge in [0, 0.05) is 31.6 Å². The van der Waals surface area contributed by atoms with Gasteiger partial charge in [0.2, 0.25) is 0 Å². The third-order valence-corrected chi connectivity index (χ3v) is 4.10. The lowest BCUT2D eigenvalue weighted by atomic mass is 10.1. The lowest BCUT2D eigenvalue weighted by Gasteiger charge is -2.19. The molecule has 0 radical (unpaired) electrons. The second kappa shape index (κ2) is 6.32. The predicted molar refractivity (Wildman–Crippen MR) is 85.3 cm³/mol. The fraction of sp³-hybridized carbons (Fsp3) is 0.412. The predicted octanol–water partition coefficient (Wildman–Crippen LogP) is 1.69. The Labute approximate surface area is 130 Å². The van der Waals surface area contributed by atoms with E-state index in [4.69, 9.17) is 4.74 Å². The lowest BCUT2D eigenvalue weighted by Crippen LogP contribution is -2.26. The van der Waals surface area contributed by atoms with E-state index in [1.165, 1.54) is 5.56 Å². The molecule has 2 aromatic rings. The molecule has 0 spiro atoms. The van der Waals surface area contributed by atoms with Crippen LogP contribution in [0.2, 0.25) is 0 Å². The Morgan fingerprint density at radius 2 is 2.14 bits per heavy atom. The molecular formula is C17H21N3O2. The van der Waals surface area contributed by atoms with Crippen LogP contribution in [-0.4, -0.2) is 35.1 Å². The monoisotopic (exact) mass is 299 g/mol. The molecular weight excluding hydrogens is 278 g/mol. The van der Waals surface area contributed by atoms with Gasteiger partial charge in [0.1, 0.15) is 11.6 Å². The Morgan fingerprint density at radius 1 is 1.32 bits per heavy atom. The van der Waals surface area contributed by atoms with Crippen LogP contribution in [0.25, 0.3) is 0 Å². The SMILES string of the molecule is COc1cccc(CN2CCc3nc(C)[nH]c(=O)c3CC2)c1. The summed E-state index contributed by atoms with van der Waals surface area (Å²) in [5, 5.41) is 0. The van der Waals surface area contributed by atoms with Crippen molar-refractivity contribution in [1.29, 1.82) is 0 Å². The third kappa shape index (κ3) is 3.20. The van der Waals surface area contributed by atoms with E-state index in [2.05, 4.69) is 27.0 Å². The molecule has 22 heavy (non-hydrogen) atoms. The minimum absolute atomic E-state index is 0.0192. The molecule has 1 aliphatic heterocycles. The fourth-order valence-corrected chi connectivity index (χ4v) is 2.97. The number of nitrogens with one attached hydrogen (secondary N) is 1. The average molecular weight is 299 g/mol. The molecule has 1 N–H and O–H groups in total. The van der Waals surface area contributed by atoms with Crippen molar-refractivity contribution in [2.75, 3.05) is 20.2 Å². The maximum Gasteiger partial charge on any atom is 0.254 e. The number of aromatic nitrogens is 2. The van der Waals surface area contributed by atoms with Crippen molar-refractivity contribution in [2.45, 2.75) is 26.3 Å². The highest BCUT2D eigenvalue weighted by Gasteiger charge is 2.18. The molecule has 0 aliphatic carbocycles. The van der Waals surface area contributed by atoms with Gasteiger partial charge >= 0.3 is 0 Å². The van der Waals surface area contributed by atoms with Crippen molar-refractivity contribution in [3.8, 4) is 5.75 Å². The van der Waals surface area contributed by atoms with E-state index in [-0.39, 0.29) is 5.56 Å². The van der Waals surface area contributed by atoms with E-state index in [1.807, 2.05) is 19.1 Å². The fourth-order valence-electron chi connectivity index (χ4n) is 2.97. The first-order valence-electron chi connectivity index (χ1n) is 7.59. The molecule has 3 rings (SSSR count). The van der Waals surface area contributed by atoms with E-state index < -0.39 is 0 Å². The second-order valence-electron chi connectivity index (χ2n) is 5.70. The number of nitrogens with zero attached hydrogens (tertiary/aromatic N) is 2. The summed E-state index contributed by atoms with van der Waals surface area (Å²) in [6.07, 6.45) is 1.58. The smallest absolute Gasteiger partial charge is 0.254 e. The van der Waals surface area contributed by atoms with E-state index in [0.29, 0.717) is 5.82 Å². The van der Waals surface area contributed by atoms with Crippen LogP contribution in [0.15, 0.2) is 29.1 Å². The number of aromatic amines is 1. The Morgan fingerprint density at radius 3 is 2.95 bits per heavy atom. The van der Waals surface area contributed by atoms with Crippen molar-refractivity contribution < 1.29 is 4.74 Å². The van der Waals surface area contributed by atoms with Crippen LogP contribution in [-0.2, 0) is 19.4 Å². The number of fused-ring (bicyclic) bond motifs is 1. The zero-order valence-electron chi connectivity index (χ0n) is 13.1. The average Bonchev–Trinajstić information content (AvgIpc) is 2.70. The number of hydrogen-bond donors (Lipinski definition) is 1. The van der Waals surface area contributed by atoms with Crippen LogP contribution in [0, 0.1) is 6.92 Å². The molecule has 0 saturated carbocycles. The Balaban J connectivity index is 1.74. The van der Waals surface area contributed by atoms with Crippen molar-refractivity contribution >= 4 is 0 Å². The zero-order chi connectivity index (χ0) is 15.5. The highest BCUT2D eigenvalue weighted by molar-refractivity contribution is 5.28. The second-order valence-corrected chi connectivity index (χ2v) is 5.70. The zero-order valence-corrected chi connectivity index (χ0v) is 13.1. The first-order chi connectivity index (χ1) is 10.7. The van der Waals surface area contributed by atoms with Gasteiger partial charge in [-0.2, -0.15) is 0 Å². The van der Waals surface area contributed by atoms with E-state index in [1.54, 1.807) is 7.11 Å². The van der Waals surface area contributed by atoms with Crippen molar-refractivity contribution in [1.82, 2.24) is 14.9 Å². The van der Waals surface area contributed by atoms with Gasteiger partial charge in [-0.3, -0.25) is 9.69 Å². The van der Waals surface area contributed by atoms with Crippen LogP contribution in [0.5, 0.6) is 5.75 Å². The van der Waals surface area contributed by atoms with Crippen LogP contribution in [0.3, 0.4) is 0 Å². The summed E-state index contributed by atoms with van der Waals surface area (Å²) in [6, 6.07) is 8.13. The Kier molecular flexibility index (Phi) is 4.24. The summed E-state index contributed by atoms with van der Waals surface area (Å²) in [4.78, 5) is 21.7. The van der Waals surface area contributed by atoms with Crippen molar-refractivity contribution in [3.63, 3.8) is 0 Å². The summed E-state index contributed by atoms with van der Waals surface area (Å²) < 4.78 is 5.27. The van der Waals surface area contributed by atoms with E-state index in [9.17, 15) is 4.79 Å². The molecule has 0 atom stereocenters. The topological polar surface area (TPSA) is 58.2 Å². The molecule has 116 valence electrons. The van der Waals surface area contributed by atoms with Crippen LogP contribution >= 0.6 is 0 Å². The highest BCUT2D eigenvalue weighted by Crippen LogP contribution is 2.17. The number of H-pyrrole nitrogens is 1. The molecule has 2 heterocycles. The molecule has 5 nitrogen and oxygen atoms in total. The summed E-state index contributed by atoms with van der Waals surface area (Å²) in [7, 11) is 1.68. The molecule has 0 amide bonds. The van der Waals surface area contributed by atoms with E-state index >= 15 is 0 Å². The van der Waals surface area contributed by atoms with Gasteiger partial charge in [0.05, 0.1) is 12.8 Å². The van der Waals surface area contributed by atoms with Crippen LogP contribution < -0.4 is 10.3 Å². The molecule has 1 aromatic heterocycles.